The van der Waals surface area contributed by atoms with Crippen molar-refractivity contribution in [2.24, 2.45) is 5.73 Å². The monoisotopic (exact) mass is 455 g/mol. The number of allylic oxidation sites excluding steroid dienone is 1. The number of nitrogens with two attached hydrogens (primary N) is 1. The molecular weight excluding hydrogens is 430 g/mol. The first kappa shape index (κ1) is 22.3. The number of hydrogen-bond acceptors (Lipinski definition) is 6. The summed E-state index contributed by atoms with van der Waals surface area (Å²) in [6, 6.07) is 14.1. The average molecular weight is 456 g/mol. The molecule has 1 aliphatic rings. The van der Waals surface area contributed by atoms with Gasteiger partial charge in [0.25, 0.3) is 5.91 Å². The van der Waals surface area contributed by atoms with E-state index in [4.69, 9.17) is 5.73 Å². The van der Waals surface area contributed by atoms with Gasteiger partial charge in [0, 0.05) is 41.6 Å². The van der Waals surface area contributed by atoms with E-state index in [2.05, 4.69) is 35.1 Å². The number of nitrogens with zero attached hydrogens (tertiary/aromatic N) is 3. The van der Waals surface area contributed by atoms with Crippen molar-refractivity contribution in [2.75, 3.05) is 18.4 Å². The molecule has 33 heavy (non-hydrogen) atoms. The molecule has 0 atom stereocenters. The number of nitriles is 1. The number of hydrogen-bond donors (Lipinski definition) is 2. The molecule has 0 saturated carbocycles. The first-order valence-electron chi connectivity index (χ1n) is 10.8. The van der Waals surface area contributed by atoms with Crippen molar-refractivity contribution in [2.45, 2.75) is 18.9 Å². The maximum absolute atomic E-state index is 12.6. The third kappa shape index (κ3) is 4.97. The van der Waals surface area contributed by atoms with Crippen LogP contribution < -0.4 is 21.5 Å². The molecule has 2 heterocycles. The zero-order chi connectivity index (χ0) is 23.2. The number of benzene rings is 2. The molecular formula is C26H25N5OS. The second-order valence-corrected chi connectivity index (χ2v) is 8.59. The number of anilines is 1. The molecule has 1 aliphatic heterocycles. The van der Waals surface area contributed by atoms with Crippen molar-refractivity contribution in [1.82, 2.24) is 9.88 Å². The van der Waals surface area contributed by atoms with Gasteiger partial charge in [0.15, 0.2) is 0 Å². The summed E-state index contributed by atoms with van der Waals surface area (Å²) in [4.78, 5) is 18.6. The SMILES string of the molecule is C=C/C=c1/cc(-c2cccc(C#N)c2)cc(NC2CCN(C(=O)c3cscn3)CC2)/c1=C/N. The van der Waals surface area contributed by atoms with E-state index in [1.807, 2.05) is 29.2 Å². The van der Waals surface area contributed by atoms with Crippen LogP contribution in [0.15, 0.2) is 59.9 Å². The van der Waals surface area contributed by atoms with Gasteiger partial charge in [-0.25, -0.2) is 4.98 Å². The van der Waals surface area contributed by atoms with Crippen molar-refractivity contribution < 1.29 is 4.79 Å². The molecule has 0 aliphatic carbocycles. The summed E-state index contributed by atoms with van der Waals surface area (Å²) in [6.07, 6.45) is 6.93. The normalized spacial score (nSPS) is 15.3. The summed E-state index contributed by atoms with van der Waals surface area (Å²) in [5.41, 5.74) is 11.7. The van der Waals surface area contributed by atoms with Gasteiger partial charge in [0.05, 0.1) is 17.1 Å². The number of piperidine rings is 1. The number of carbonyl (C=O) groups excluding carboxylic acids is 1. The number of aromatic nitrogens is 1. The van der Waals surface area contributed by atoms with Crippen LogP contribution in [-0.4, -0.2) is 34.9 Å². The minimum Gasteiger partial charge on any atom is -0.404 e. The van der Waals surface area contributed by atoms with Gasteiger partial charge in [-0.3, -0.25) is 4.79 Å². The second kappa shape index (κ2) is 10.2. The lowest BCUT2D eigenvalue weighted by Gasteiger charge is -2.32. The predicted octanol–water partition coefficient (Wildman–Crippen LogP) is 3.06. The highest BCUT2D eigenvalue weighted by Crippen LogP contribution is 2.23. The van der Waals surface area contributed by atoms with Crippen molar-refractivity contribution in [1.29, 1.82) is 5.26 Å². The summed E-state index contributed by atoms with van der Waals surface area (Å²) in [5.74, 6) is -0.00655. The molecule has 0 unspecified atom stereocenters. The summed E-state index contributed by atoms with van der Waals surface area (Å²) < 4.78 is 0. The fourth-order valence-corrected chi connectivity index (χ4v) is 4.63. The molecule has 1 aromatic heterocycles. The molecule has 3 N–H and O–H groups in total. The molecule has 6 nitrogen and oxygen atoms in total. The van der Waals surface area contributed by atoms with Crippen LogP contribution in [0, 0.1) is 11.3 Å². The van der Waals surface area contributed by atoms with Crippen molar-refractivity contribution in [3.8, 4) is 17.2 Å². The minimum atomic E-state index is -0.00655. The average Bonchev–Trinajstić information content (AvgIpc) is 3.39. The molecule has 7 heteroatoms. The molecule has 4 rings (SSSR count). The van der Waals surface area contributed by atoms with Crippen LogP contribution in [-0.2, 0) is 0 Å². The van der Waals surface area contributed by atoms with Gasteiger partial charge in [-0.2, -0.15) is 5.26 Å². The fraction of sp³-hybridized carbons (Fsp3) is 0.192. The Kier molecular flexibility index (Phi) is 6.86. The Bertz CT molecular complexity index is 1320. The van der Waals surface area contributed by atoms with E-state index in [1.54, 1.807) is 29.2 Å². The van der Waals surface area contributed by atoms with Crippen LogP contribution in [0.2, 0.25) is 0 Å². The largest absolute Gasteiger partial charge is 0.404 e. The van der Waals surface area contributed by atoms with Gasteiger partial charge in [0.2, 0.25) is 0 Å². The van der Waals surface area contributed by atoms with E-state index in [-0.39, 0.29) is 11.9 Å². The van der Waals surface area contributed by atoms with Crippen molar-refractivity contribution >= 4 is 35.2 Å². The fourth-order valence-electron chi connectivity index (χ4n) is 4.11. The van der Waals surface area contributed by atoms with Gasteiger partial charge in [-0.05, 0) is 53.5 Å². The van der Waals surface area contributed by atoms with Crippen molar-refractivity contribution in [3.05, 3.63) is 81.6 Å². The van der Waals surface area contributed by atoms with E-state index in [0.29, 0.717) is 24.3 Å². The molecule has 1 amide bonds. The van der Waals surface area contributed by atoms with Gasteiger partial charge < -0.3 is 16.0 Å². The Morgan fingerprint density at radius 2 is 2.09 bits per heavy atom. The zero-order valence-electron chi connectivity index (χ0n) is 18.2. The standard InChI is InChI=1S/C26H25N5OS/c1-2-4-20-12-21(19-6-3-5-18(11-19)14-27)13-24(23(20)15-28)30-22-7-9-31(10-8-22)26(32)25-16-33-17-29-25/h2-6,11-13,15-17,22,30H,1,7-10,28H2/b20-4-,23-15+. The lowest BCUT2D eigenvalue weighted by Crippen LogP contribution is -2.43. The summed E-state index contributed by atoms with van der Waals surface area (Å²) in [5, 5.41) is 16.6. The molecule has 0 radical (unpaired) electrons. The molecule has 0 bridgehead atoms. The van der Waals surface area contributed by atoms with Crippen LogP contribution in [0.5, 0.6) is 0 Å². The Balaban J connectivity index is 1.60. The van der Waals surface area contributed by atoms with E-state index in [0.717, 1.165) is 40.1 Å². The third-order valence-corrected chi connectivity index (χ3v) is 6.38. The molecule has 1 saturated heterocycles. The summed E-state index contributed by atoms with van der Waals surface area (Å²) in [7, 11) is 0. The molecule has 1 fully saturated rings. The highest BCUT2D eigenvalue weighted by Gasteiger charge is 2.24. The van der Waals surface area contributed by atoms with Crippen LogP contribution in [0.1, 0.15) is 28.9 Å². The van der Waals surface area contributed by atoms with E-state index < -0.39 is 0 Å². The predicted molar refractivity (Wildman–Crippen MR) is 134 cm³/mol. The van der Waals surface area contributed by atoms with Crippen molar-refractivity contribution in [3.63, 3.8) is 0 Å². The zero-order valence-corrected chi connectivity index (χ0v) is 19.0. The Hall–Kier alpha value is -3.89. The lowest BCUT2D eigenvalue weighted by molar-refractivity contribution is 0.0713. The highest BCUT2D eigenvalue weighted by atomic mass is 32.1. The number of rotatable bonds is 5. The van der Waals surface area contributed by atoms with Gasteiger partial charge in [0.1, 0.15) is 5.69 Å². The highest BCUT2D eigenvalue weighted by molar-refractivity contribution is 7.07. The number of nitrogens with one attached hydrogen (secondary N) is 1. The molecule has 2 aromatic carbocycles. The molecule has 3 aromatic rings. The maximum Gasteiger partial charge on any atom is 0.273 e. The van der Waals surface area contributed by atoms with Gasteiger partial charge in [-0.15, -0.1) is 11.3 Å². The van der Waals surface area contributed by atoms with E-state index >= 15 is 0 Å². The van der Waals surface area contributed by atoms with Gasteiger partial charge >= 0.3 is 0 Å². The smallest absolute Gasteiger partial charge is 0.273 e. The Morgan fingerprint density at radius 1 is 1.27 bits per heavy atom. The minimum absolute atomic E-state index is 0.00655. The molecule has 166 valence electrons. The number of thiazole rings is 1. The topological polar surface area (TPSA) is 95.0 Å². The Labute approximate surface area is 197 Å². The van der Waals surface area contributed by atoms with Gasteiger partial charge in [-0.1, -0.05) is 30.9 Å². The lowest BCUT2D eigenvalue weighted by atomic mass is 9.99. The first-order chi connectivity index (χ1) is 16.1. The quantitative estimate of drug-likeness (QED) is 0.617. The summed E-state index contributed by atoms with van der Waals surface area (Å²) in [6.45, 7) is 5.18. The third-order valence-electron chi connectivity index (χ3n) is 5.79. The molecule has 0 spiro atoms. The number of likely N-dealkylation sites (tertiary alicyclic amines) is 1. The number of amides is 1. The Morgan fingerprint density at radius 3 is 2.76 bits per heavy atom. The van der Waals surface area contributed by atoms with Crippen LogP contribution in [0.25, 0.3) is 23.4 Å². The number of carbonyl (C=O) groups is 1. The second-order valence-electron chi connectivity index (χ2n) is 7.87. The van der Waals surface area contributed by atoms with Crippen LogP contribution in [0.3, 0.4) is 0 Å². The first-order valence-corrected chi connectivity index (χ1v) is 11.7. The maximum atomic E-state index is 12.6. The van der Waals surface area contributed by atoms with Crippen LogP contribution in [0.4, 0.5) is 5.69 Å². The van der Waals surface area contributed by atoms with E-state index in [9.17, 15) is 10.1 Å². The summed E-state index contributed by atoms with van der Waals surface area (Å²) >= 11 is 1.43. The van der Waals surface area contributed by atoms with E-state index in [1.165, 1.54) is 11.3 Å². The van der Waals surface area contributed by atoms with Crippen LogP contribution >= 0.6 is 11.3 Å².